The Morgan fingerprint density at radius 3 is 0.909 bits per heavy atom. The van der Waals surface area contributed by atoms with E-state index < -0.39 is 0 Å². The van der Waals surface area contributed by atoms with E-state index in [1.165, 1.54) is 133 Å². The SMILES string of the molecule is CCn1c2c(C)c(C)c(C)c(C)c2c2c(C)c(-c3c(C)c(C)c4c5c(C)c(C)c(C)c(C)c5n(CC)c4c3C)c(C)c(C)c21. The Hall–Kier alpha value is -3.52. The lowest BCUT2D eigenvalue weighted by Crippen LogP contribution is -2.04. The molecule has 0 aliphatic carbocycles. The van der Waals surface area contributed by atoms with Crippen molar-refractivity contribution in [1.82, 2.24) is 9.13 Å². The second-order valence-electron chi connectivity index (χ2n) is 13.9. The lowest BCUT2D eigenvalue weighted by atomic mass is 9.82. The highest BCUT2D eigenvalue weighted by atomic mass is 15.0. The van der Waals surface area contributed by atoms with E-state index >= 15 is 0 Å². The van der Waals surface area contributed by atoms with E-state index in [4.69, 9.17) is 0 Å². The van der Waals surface area contributed by atoms with E-state index in [0.29, 0.717) is 0 Å². The molecular formula is C42H52N2. The van der Waals surface area contributed by atoms with Crippen molar-refractivity contribution in [2.24, 2.45) is 0 Å². The Morgan fingerprint density at radius 2 is 0.523 bits per heavy atom. The van der Waals surface area contributed by atoms with Crippen LogP contribution in [0.15, 0.2) is 0 Å². The molecule has 6 aromatic rings. The van der Waals surface area contributed by atoms with Gasteiger partial charge in [0.25, 0.3) is 0 Å². The topological polar surface area (TPSA) is 9.86 Å². The van der Waals surface area contributed by atoms with Crippen molar-refractivity contribution in [2.45, 2.75) is 124 Å². The van der Waals surface area contributed by atoms with Crippen LogP contribution in [0.25, 0.3) is 54.7 Å². The Kier molecular flexibility index (Phi) is 6.93. The molecule has 230 valence electrons. The maximum atomic E-state index is 2.63. The summed E-state index contributed by atoms with van der Waals surface area (Å²) in [4.78, 5) is 0. The van der Waals surface area contributed by atoms with Crippen LogP contribution in [-0.2, 0) is 13.1 Å². The first-order chi connectivity index (χ1) is 20.6. The van der Waals surface area contributed by atoms with Crippen LogP contribution >= 0.6 is 0 Å². The van der Waals surface area contributed by atoms with Crippen LogP contribution in [0.5, 0.6) is 0 Å². The normalized spacial score (nSPS) is 12.3. The van der Waals surface area contributed by atoms with E-state index in [9.17, 15) is 0 Å². The summed E-state index contributed by atoms with van der Waals surface area (Å²) in [5, 5.41) is 5.82. The minimum Gasteiger partial charge on any atom is -0.340 e. The standard InChI is InChI=1S/C42H52N2/c1-17-43-40-29(13)22(6)20(4)24(8)36(40)38-31(15)33(27(11)30(14)41(38)43)34-25(9)26(10)37-35-23(7)19(3)21(5)28(12)39(35)44(18-2)42(37)32(34)16/h17-18H2,1-16H3. The molecule has 44 heavy (non-hydrogen) atoms. The molecular weight excluding hydrogens is 532 g/mol. The van der Waals surface area contributed by atoms with Crippen molar-refractivity contribution in [3.05, 3.63) is 77.9 Å². The Balaban J connectivity index is 1.89. The first-order valence-corrected chi connectivity index (χ1v) is 16.7. The molecule has 4 aromatic carbocycles. The smallest absolute Gasteiger partial charge is 0.0530 e. The average Bonchev–Trinajstić information content (AvgIpc) is 3.54. The van der Waals surface area contributed by atoms with E-state index in [-0.39, 0.29) is 0 Å². The maximum Gasteiger partial charge on any atom is 0.0530 e. The zero-order valence-corrected chi connectivity index (χ0v) is 30.3. The minimum absolute atomic E-state index is 0.961. The first-order valence-electron chi connectivity index (χ1n) is 16.7. The Labute approximate surface area is 265 Å². The van der Waals surface area contributed by atoms with Gasteiger partial charge >= 0.3 is 0 Å². The van der Waals surface area contributed by atoms with Gasteiger partial charge in [-0.3, -0.25) is 0 Å². The van der Waals surface area contributed by atoms with Crippen LogP contribution in [0.3, 0.4) is 0 Å². The van der Waals surface area contributed by atoms with E-state index in [2.05, 4.69) is 120 Å². The number of aryl methyl sites for hydroxylation is 10. The number of fused-ring (bicyclic) bond motifs is 6. The number of hydrogen-bond acceptors (Lipinski definition) is 0. The highest BCUT2D eigenvalue weighted by Gasteiger charge is 2.28. The van der Waals surface area contributed by atoms with Gasteiger partial charge in [-0.15, -0.1) is 0 Å². The zero-order chi connectivity index (χ0) is 32.4. The Bertz CT molecular complexity index is 2260. The minimum atomic E-state index is 0.961. The van der Waals surface area contributed by atoms with Gasteiger partial charge in [0, 0.05) is 34.6 Å². The van der Waals surface area contributed by atoms with E-state index in [1.807, 2.05) is 0 Å². The van der Waals surface area contributed by atoms with Gasteiger partial charge in [-0.1, -0.05) is 0 Å². The third kappa shape index (κ3) is 3.49. The highest BCUT2D eigenvalue weighted by Crippen LogP contribution is 2.49. The number of rotatable bonds is 3. The molecule has 2 nitrogen and oxygen atoms in total. The molecule has 0 N–H and O–H groups in total. The third-order valence-corrected chi connectivity index (χ3v) is 12.3. The molecule has 0 saturated carbocycles. The van der Waals surface area contributed by atoms with Gasteiger partial charge in [-0.25, -0.2) is 0 Å². The highest BCUT2D eigenvalue weighted by molar-refractivity contribution is 6.18. The van der Waals surface area contributed by atoms with E-state index in [0.717, 1.165) is 13.1 Å². The monoisotopic (exact) mass is 584 g/mol. The van der Waals surface area contributed by atoms with Crippen molar-refractivity contribution in [3.63, 3.8) is 0 Å². The average molecular weight is 585 g/mol. The number of benzene rings is 4. The zero-order valence-electron chi connectivity index (χ0n) is 30.3. The van der Waals surface area contributed by atoms with Gasteiger partial charge in [0.1, 0.15) is 0 Å². The number of nitrogens with zero attached hydrogens (tertiary/aromatic N) is 2. The third-order valence-electron chi connectivity index (χ3n) is 12.3. The van der Waals surface area contributed by atoms with Gasteiger partial charge in [0.05, 0.1) is 22.1 Å². The molecule has 0 aliphatic heterocycles. The molecule has 2 heteroatoms. The molecule has 0 unspecified atom stereocenters. The van der Waals surface area contributed by atoms with E-state index in [1.54, 1.807) is 0 Å². The summed E-state index contributed by atoms with van der Waals surface area (Å²) in [6.45, 7) is 39.4. The molecule has 0 bridgehead atoms. The van der Waals surface area contributed by atoms with Crippen molar-refractivity contribution in [1.29, 1.82) is 0 Å². The number of aromatic nitrogens is 2. The lowest BCUT2D eigenvalue weighted by molar-refractivity contribution is 0.820. The molecule has 0 spiro atoms. The van der Waals surface area contributed by atoms with Gasteiger partial charge in [-0.05, 0) is 200 Å². The molecule has 0 fully saturated rings. The maximum absolute atomic E-state index is 2.63. The fraction of sp³-hybridized carbons (Fsp3) is 0.429. The summed E-state index contributed by atoms with van der Waals surface area (Å²) in [7, 11) is 0. The van der Waals surface area contributed by atoms with Gasteiger partial charge in [-0.2, -0.15) is 0 Å². The van der Waals surface area contributed by atoms with Crippen molar-refractivity contribution >= 4 is 43.6 Å². The summed E-state index contributed by atoms with van der Waals surface area (Å²) in [5.74, 6) is 0. The van der Waals surface area contributed by atoms with Crippen molar-refractivity contribution in [3.8, 4) is 11.1 Å². The molecule has 2 heterocycles. The molecule has 0 atom stereocenters. The summed E-state index contributed by atoms with van der Waals surface area (Å²) in [6.07, 6.45) is 0. The van der Waals surface area contributed by atoms with Crippen LogP contribution in [0.1, 0.15) is 91.7 Å². The molecule has 0 aliphatic rings. The largest absolute Gasteiger partial charge is 0.340 e. The molecule has 0 amide bonds. The van der Waals surface area contributed by atoms with Gasteiger partial charge in [0.15, 0.2) is 0 Å². The number of hydrogen-bond donors (Lipinski definition) is 0. The molecule has 2 aromatic heterocycles. The predicted octanol–water partition coefficient (Wildman–Crippen LogP) is 11.9. The van der Waals surface area contributed by atoms with Crippen LogP contribution in [0.2, 0.25) is 0 Å². The summed E-state index contributed by atoms with van der Waals surface area (Å²) >= 11 is 0. The summed E-state index contributed by atoms with van der Waals surface area (Å²) < 4.78 is 5.24. The summed E-state index contributed by atoms with van der Waals surface area (Å²) in [5.41, 5.74) is 28.5. The lowest BCUT2D eigenvalue weighted by Gasteiger charge is -2.23. The fourth-order valence-corrected chi connectivity index (χ4v) is 9.04. The second-order valence-corrected chi connectivity index (χ2v) is 13.9. The van der Waals surface area contributed by atoms with Crippen LogP contribution in [-0.4, -0.2) is 9.13 Å². The van der Waals surface area contributed by atoms with Crippen LogP contribution in [0, 0.1) is 96.9 Å². The fourth-order valence-electron chi connectivity index (χ4n) is 9.04. The van der Waals surface area contributed by atoms with Crippen molar-refractivity contribution in [2.75, 3.05) is 0 Å². The van der Waals surface area contributed by atoms with Crippen LogP contribution < -0.4 is 0 Å². The van der Waals surface area contributed by atoms with Gasteiger partial charge < -0.3 is 9.13 Å². The molecule has 6 rings (SSSR count). The Morgan fingerprint density at radius 1 is 0.273 bits per heavy atom. The van der Waals surface area contributed by atoms with Crippen LogP contribution in [0.4, 0.5) is 0 Å². The predicted molar refractivity (Wildman–Crippen MR) is 196 cm³/mol. The van der Waals surface area contributed by atoms with Gasteiger partial charge in [0.2, 0.25) is 0 Å². The quantitative estimate of drug-likeness (QED) is 0.196. The first kappa shape index (κ1) is 30.5. The second kappa shape index (κ2) is 9.99. The summed E-state index contributed by atoms with van der Waals surface area (Å²) in [6, 6.07) is 0. The molecule has 0 saturated heterocycles. The van der Waals surface area contributed by atoms with Crippen molar-refractivity contribution < 1.29 is 0 Å². The molecule has 0 radical (unpaired) electrons.